The van der Waals surface area contributed by atoms with Gasteiger partial charge in [-0.3, -0.25) is 19.3 Å². The van der Waals surface area contributed by atoms with E-state index >= 15 is 0 Å². The lowest BCUT2D eigenvalue weighted by atomic mass is 9.92. The number of carbonyl (C=O) groups excluding carboxylic acids is 4. The van der Waals surface area contributed by atoms with E-state index in [0.29, 0.717) is 29.9 Å². The topological polar surface area (TPSA) is 111 Å². The van der Waals surface area contributed by atoms with Gasteiger partial charge in [-0.2, -0.15) is 0 Å². The maximum atomic E-state index is 13.2. The fourth-order valence-electron chi connectivity index (χ4n) is 4.13. The van der Waals surface area contributed by atoms with Crippen molar-refractivity contribution in [3.8, 4) is 5.75 Å². The van der Waals surface area contributed by atoms with Crippen LogP contribution in [-0.2, 0) is 28.7 Å². The van der Waals surface area contributed by atoms with E-state index in [1.807, 2.05) is 6.07 Å². The maximum Gasteiger partial charge on any atom is 0.355 e. The number of rotatable bonds is 7. The minimum atomic E-state index is -0.906. The smallest absolute Gasteiger partial charge is 0.355 e. The van der Waals surface area contributed by atoms with Crippen LogP contribution in [0.25, 0.3) is 0 Å². The summed E-state index contributed by atoms with van der Waals surface area (Å²) in [5.74, 6) is -1.05. The summed E-state index contributed by atoms with van der Waals surface area (Å²) >= 11 is 1.40. The zero-order valence-corrected chi connectivity index (χ0v) is 20.4. The van der Waals surface area contributed by atoms with Crippen LogP contribution in [0.5, 0.6) is 5.75 Å². The van der Waals surface area contributed by atoms with Gasteiger partial charge >= 0.3 is 11.9 Å². The van der Waals surface area contributed by atoms with Gasteiger partial charge in [0.1, 0.15) is 28.5 Å². The second kappa shape index (κ2) is 8.98. The Bertz CT molecular complexity index is 1040. The standard InChI is InChI=1S/C24H28N2O7S/c1-23(2,3)33-21(29)18-15(24(10-11-24)22(30)31-4)13-34-20-17(19(28)26(18)20)25-16(27)12-32-14-8-6-5-7-9-14/h5-9,17,20H,10-13H2,1-4H3,(H,25,27)/t17-,20-/m1/s1. The number of esters is 2. The minimum absolute atomic E-state index is 0.0950. The number of β-lactam (4-membered cyclic amide) rings is 1. The molecule has 0 unspecified atom stereocenters. The molecule has 2 amide bonds. The summed E-state index contributed by atoms with van der Waals surface area (Å²) in [4.78, 5) is 52.6. The summed E-state index contributed by atoms with van der Waals surface area (Å²) in [7, 11) is 1.31. The van der Waals surface area contributed by atoms with Crippen LogP contribution in [0.1, 0.15) is 33.6 Å². The van der Waals surface area contributed by atoms with E-state index in [1.54, 1.807) is 45.0 Å². The van der Waals surface area contributed by atoms with Gasteiger partial charge in [0.2, 0.25) is 0 Å². The number of para-hydroxylation sites is 1. The van der Waals surface area contributed by atoms with Crippen molar-refractivity contribution in [3.05, 3.63) is 41.6 Å². The van der Waals surface area contributed by atoms with E-state index in [9.17, 15) is 19.2 Å². The highest BCUT2D eigenvalue weighted by molar-refractivity contribution is 8.00. The quantitative estimate of drug-likeness (QED) is 0.458. The van der Waals surface area contributed by atoms with Gasteiger partial charge in [0.15, 0.2) is 6.61 Å². The highest BCUT2D eigenvalue weighted by Gasteiger charge is 2.62. The number of thioether (sulfide) groups is 1. The van der Waals surface area contributed by atoms with Crippen molar-refractivity contribution in [1.29, 1.82) is 0 Å². The third kappa shape index (κ3) is 4.51. The molecule has 2 atom stereocenters. The number of carbonyl (C=O) groups is 4. The van der Waals surface area contributed by atoms with Crippen molar-refractivity contribution in [1.82, 2.24) is 10.2 Å². The predicted molar refractivity (Wildman–Crippen MR) is 124 cm³/mol. The van der Waals surface area contributed by atoms with Crippen LogP contribution in [0, 0.1) is 5.41 Å². The molecule has 1 saturated heterocycles. The SMILES string of the molecule is COC(=O)C1(C2=C(C(=O)OC(C)(C)C)N3C(=O)[C@@H](NC(=O)COc4ccccc4)[C@H]3SC2)CC1. The van der Waals surface area contributed by atoms with Crippen LogP contribution in [0.4, 0.5) is 0 Å². The zero-order valence-electron chi connectivity index (χ0n) is 19.6. The normalized spacial score (nSPS) is 22.8. The number of fused-ring (bicyclic) bond motifs is 1. The zero-order chi connectivity index (χ0) is 24.7. The number of benzene rings is 1. The molecule has 2 fully saturated rings. The number of nitrogens with one attached hydrogen (secondary N) is 1. The van der Waals surface area contributed by atoms with E-state index in [0.717, 1.165) is 0 Å². The molecular weight excluding hydrogens is 460 g/mol. The van der Waals surface area contributed by atoms with Gasteiger partial charge in [-0.05, 0) is 51.3 Å². The van der Waals surface area contributed by atoms with Gasteiger partial charge in [0.25, 0.3) is 11.8 Å². The molecule has 182 valence electrons. The van der Waals surface area contributed by atoms with Gasteiger partial charge < -0.3 is 19.5 Å². The Morgan fingerprint density at radius 2 is 1.85 bits per heavy atom. The molecule has 2 aliphatic heterocycles. The molecule has 0 spiro atoms. The molecule has 1 aromatic rings. The average Bonchev–Trinajstić information content (AvgIpc) is 3.61. The van der Waals surface area contributed by atoms with Gasteiger partial charge in [-0.1, -0.05) is 18.2 Å². The molecule has 34 heavy (non-hydrogen) atoms. The molecule has 9 nitrogen and oxygen atoms in total. The summed E-state index contributed by atoms with van der Waals surface area (Å²) < 4.78 is 16.0. The highest BCUT2D eigenvalue weighted by Crippen LogP contribution is 2.58. The van der Waals surface area contributed by atoms with E-state index < -0.39 is 46.2 Å². The summed E-state index contributed by atoms with van der Waals surface area (Å²) in [5, 5.41) is 2.23. The lowest BCUT2D eigenvalue weighted by Crippen LogP contribution is -2.71. The second-order valence-electron chi connectivity index (χ2n) is 9.46. The monoisotopic (exact) mass is 488 g/mol. The van der Waals surface area contributed by atoms with E-state index in [2.05, 4.69) is 5.32 Å². The highest BCUT2D eigenvalue weighted by atomic mass is 32.2. The third-order valence-electron chi connectivity index (χ3n) is 5.89. The van der Waals surface area contributed by atoms with Crippen LogP contribution in [0.2, 0.25) is 0 Å². The number of ether oxygens (including phenoxy) is 3. The van der Waals surface area contributed by atoms with Crippen LogP contribution in [0.15, 0.2) is 41.6 Å². The van der Waals surface area contributed by atoms with Crippen molar-refractivity contribution in [3.63, 3.8) is 0 Å². The number of amides is 2. The lowest BCUT2D eigenvalue weighted by Gasteiger charge is -2.50. The summed E-state index contributed by atoms with van der Waals surface area (Å²) in [6.45, 7) is 4.97. The first-order chi connectivity index (χ1) is 16.1. The Morgan fingerprint density at radius 1 is 1.18 bits per heavy atom. The van der Waals surface area contributed by atoms with Gasteiger partial charge in [0.05, 0.1) is 12.5 Å². The molecule has 1 N–H and O–H groups in total. The Balaban J connectivity index is 1.53. The van der Waals surface area contributed by atoms with E-state index in [-0.39, 0.29) is 12.3 Å². The summed E-state index contributed by atoms with van der Waals surface area (Å²) in [6, 6.07) is 8.09. The van der Waals surface area contributed by atoms with Crippen molar-refractivity contribution in [2.45, 2.75) is 50.6 Å². The molecule has 0 aromatic heterocycles. The Morgan fingerprint density at radius 3 is 2.44 bits per heavy atom. The second-order valence-corrected chi connectivity index (χ2v) is 10.6. The predicted octanol–water partition coefficient (Wildman–Crippen LogP) is 2.01. The first-order valence-corrected chi connectivity index (χ1v) is 12.1. The fraction of sp³-hybridized carbons (Fsp3) is 0.500. The maximum absolute atomic E-state index is 13.2. The van der Waals surface area contributed by atoms with Gasteiger partial charge in [0, 0.05) is 5.75 Å². The van der Waals surface area contributed by atoms with E-state index in [1.165, 1.54) is 23.8 Å². The van der Waals surface area contributed by atoms with Crippen molar-refractivity contribution >= 4 is 35.5 Å². The molecule has 1 aliphatic carbocycles. The largest absolute Gasteiger partial charge is 0.484 e. The first kappa shape index (κ1) is 24.1. The van der Waals surface area contributed by atoms with Crippen LogP contribution >= 0.6 is 11.8 Å². The molecule has 3 aliphatic rings. The molecule has 0 radical (unpaired) electrons. The Hall–Kier alpha value is -3.01. The van der Waals surface area contributed by atoms with Gasteiger partial charge in [-0.15, -0.1) is 11.8 Å². The Kier molecular flexibility index (Phi) is 6.37. The number of hydrogen-bond acceptors (Lipinski definition) is 8. The molecule has 10 heteroatoms. The van der Waals surface area contributed by atoms with Crippen molar-refractivity contribution in [2.75, 3.05) is 19.5 Å². The number of nitrogens with zero attached hydrogens (tertiary/aromatic N) is 1. The fourth-order valence-corrected chi connectivity index (χ4v) is 5.62. The third-order valence-corrected chi connectivity index (χ3v) is 7.17. The summed E-state index contributed by atoms with van der Waals surface area (Å²) in [6.07, 6.45) is 1.09. The lowest BCUT2D eigenvalue weighted by molar-refractivity contribution is -0.159. The Labute approximate surface area is 202 Å². The number of methoxy groups -OCH3 is 1. The van der Waals surface area contributed by atoms with Gasteiger partial charge in [-0.25, -0.2) is 4.79 Å². The first-order valence-electron chi connectivity index (χ1n) is 11.0. The molecule has 0 bridgehead atoms. The van der Waals surface area contributed by atoms with E-state index in [4.69, 9.17) is 14.2 Å². The molecular formula is C24H28N2O7S. The van der Waals surface area contributed by atoms with Crippen LogP contribution < -0.4 is 10.1 Å². The number of hydrogen-bond donors (Lipinski definition) is 1. The molecule has 1 aromatic carbocycles. The van der Waals surface area contributed by atoms with Crippen molar-refractivity contribution < 1.29 is 33.4 Å². The summed E-state index contributed by atoms with van der Waals surface area (Å²) in [5.41, 5.74) is -1.04. The molecule has 2 heterocycles. The molecule has 1 saturated carbocycles. The average molecular weight is 489 g/mol. The minimum Gasteiger partial charge on any atom is -0.484 e. The molecule has 4 rings (SSSR count). The van der Waals surface area contributed by atoms with Crippen molar-refractivity contribution in [2.24, 2.45) is 5.41 Å². The van der Waals surface area contributed by atoms with Crippen LogP contribution in [0.3, 0.4) is 0 Å². The van der Waals surface area contributed by atoms with Crippen LogP contribution in [-0.4, -0.2) is 65.1 Å².